The zero-order valence-corrected chi connectivity index (χ0v) is 15.6. The lowest BCUT2D eigenvalue weighted by Gasteiger charge is -2.30. The van der Waals surface area contributed by atoms with Crippen LogP contribution in [-0.4, -0.2) is 31.0 Å². The van der Waals surface area contributed by atoms with E-state index >= 15 is 0 Å². The molecule has 7 nitrogen and oxygen atoms in total. The standard InChI is InChI=1S/C18H27N5O2/c1-6-18(7-2)12(5)8-13(25-18)23-10-21-14-15(19-9-20-16(14)23)22-17(24)11(3)4/h9-13H,6-8H2,1-5H3,(H,19,20,22,24)/t12-,13+/m0/s1. The molecule has 25 heavy (non-hydrogen) atoms. The fourth-order valence-corrected chi connectivity index (χ4v) is 3.65. The average molecular weight is 345 g/mol. The molecule has 0 aromatic carbocycles. The summed E-state index contributed by atoms with van der Waals surface area (Å²) in [6, 6.07) is 0. The van der Waals surface area contributed by atoms with Gasteiger partial charge in [0, 0.05) is 5.92 Å². The normalized spacial score (nSPS) is 22.6. The molecule has 1 fully saturated rings. The summed E-state index contributed by atoms with van der Waals surface area (Å²) in [4.78, 5) is 25.0. The van der Waals surface area contributed by atoms with E-state index in [2.05, 4.69) is 41.0 Å². The minimum absolute atomic E-state index is 0.0868. The minimum Gasteiger partial charge on any atom is -0.351 e. The molecule has 2 aromatic heterocycles. The molecule has 2 atom stereocenters. The van der Waals surface area contributed by atoms with Crippen LogP contribution in [-0.2, 0) is 9.53 Å². The molecule has 0 bridgehead atoms. The maximum atomic E-state index is 12.0. The van der Waals surface area contributed by atoms with Crippen molar-refractivity contribution in [1.82, 2.24) is 19.5 Å². The van der Waals surface area contributed by atoms with E-state index in [-0.39, 0.29) is 23.7 Å². The molecule has 0 saturated carbocycles. The number of ether oxygens (including phenoxy) is 1. The van der Waals surface area contributed by atoms with Crippen molar-refractivity contribution in [1.29, 1.82) is 0 Å². The predicted molar refractivity (Wildman–Crippen MR) is 96.0 cm³/mol. The van der Waals surface area contributed by atoms with Gasteiger partial charge in [-0.05, 0) is 25.2 Å². The first-order valence-electron chi connectivity index (χ1n) is 9.08. The highest BCUT2D eigenvalue weighted by Crippen LogP contribution is 2.45. The van der Waals surface area contributed by atoms with Gasteiger partial charge in [-0.15, -0.1) is 0 Å². The Morgan fingerprint density at radius 1 is 1.36 bits per heavy atom. The summed E-state index contributed by atoms with van der Waals surface area (Å²) >= 11 is 0. The zero-order chi connectivity index (χ0) is 18.2. The van der Waals surface area contributed by atoms with Crippen LogP contribution in [0.2, 0.25) is 0 Å². The van der Waals surface area contributed by atoms with E-state index in [1.54, 1.807) is 6.33 Å². The Labute approximate surface area is 148 Å². The highest BCUT2D eigenvalue weighted by Gasteiger charge is 2.44. The van der Waals surface area contributed by atoms with Crippen molar-refractivity contribution in [3.63, 3.8) is 0 Å². The third-order valence-corrected chi connectivity index (χ3v) is 5.46. The summed E-state index contributed by atoms with van der Waals surface area (Å²) < 4.78 is 8.41. The Bertz CT molecular complexity index is 766. The van der Waals surface area contributed by atoms with Gasteiger partial charge in [0.25, 0.3) is 0 Å². The molecule has 0 aliphatic carbocycles. The highest BCUT2D eigenvalue weighted by molar-refractivity contribution is 5.97. The molecule has 1 amide bonds. The van der Waals surface area contributed by atoms with Gasteiger partial charge in [-0.25, -0.2) is 15.0 Å². The van der Waals surface area contributed by atoms with Crippen LogP contribution in [0.3, 0.4) is 0 Å². The number of imidazole rings is 1. The van der Waals surface area contributed by atoms with Crippen LogP contribution in [0.15, 0.2) is 12.7 Å². The van der Waals surface area contributed by atoms with E-state index < -0.39 is 0 Å². The number of rotatable bonds is 5. The number of hydrogen-bond donors (Lipinski definition) is 1. The van der Waals surface area contributed by atoms with E-state index in [0.29, 0.717) is 22.9 Å². The summed E-state index contributed by atoms with van der Waals surface area (Å²) in [6.07, 6.45) is 6.00. The topological polar surface area (TPSA) is 81.9 Å². The van der Waals surface area contributed by atoms with Gasteiger partial charge in [0.15, 0.2) is 17.0 Å². The van der Waals surface area contributed by atoms with Crippen molar-refractivity contribution in [3.05, 3.63) is 12.7 Å². The Balaban J connectivity index is 1.93. The van der Waals surface area contributed by atoms with Crippen molar-refractivity contribution >= 4 is 22.9 Å². The first-order chi connectivity index (χ1) is 11.9. The second-order valence-electron chi connectivity index (χ2n) is 7.17. The maximum Gasteiger partial charge on any atom is 0.228 e. The number of amides is 1. The number of nitrogens with zero attached hydrogens (tertiary/aromatic N) is 4. The lowest BCUT2D eigenvalue weighted by Crippen LogP contribution is -2.32. The Hall–Kier alpha value is -2.02. The van der Waals surface area contributed by atoms with E-state index in [4.69, 9.17) is 4.74 Å². The predicted octanol–water partition coefficient (Wildman–Crippen LogP) is 3.53. The van der Waals surface area contributed by atoms with Crippen molar-refractivity contribution < 1.29 is 9.53 Å². The molecule has 1 saturated heterocycles. The number of fused-ring (bicyclic) bond motifs is 1. The lowest BCUT2D eigenvalue weighted by molar-refractivity contribution is -0.118. The summed E-state index contributed by atoms with van der Waals surface area (Å²) in [5.74, 6) is 0.703. The fourth-order valence-electron chi connectivity index (χ4n) is 3.65. The van der Waals surface area contributed by atoms with E-state index in [0.717, 1.165) is 19.3 Å². The zero-order valence-electron chi connectivity index (χ0n) is 15.6. The van der Waals surface area contributed by atoms with Gasteiger partial charge in [0.1, 0.15) is 12.6 Å². The minimum atomic E-state index is -0.124. The fraction of sp³-hybridized carbons (Fsp3) is 0.667. The van der Waals surface area contributed by atoms with Crippen LogP contribution in [0, 0.1) is 11.8 Å². The van der Waals surface area contributed by atoms with Crippen molar-refractivity contribution in [2.45, 2.75) is 65.7 Å². The van der Waals surface area contributed by atoms with Crippen LogP contribution in [0.5, 0.6) is 0 Å². The van der Waals surface area contributed by atoms with Gasteiger partial charge in [-0.1, -0.05) is 34.6 Å². The van der Waals surface area contributed by atoms with Gasteiger partial charge in [0.05, 0.1) is 11.9 Å². The smallest absolute Gasteiger partial charge is 0.228 e. The van der Waals surface area contributed by atoms with Crippen LogP contribution < -0.4 is 5.32 Å². The molecular formula is C18H27N5O2. The van der Waals surface area contributed by atoms with Crippen molar-refractivity contribution in [2.24, 2.45) is 11.8 Å². The quantitative estimate of drug-likeness (QED) is 0.896. The second kappa shape index (κ2) is 6.71. The molecule has 0 spiro atoms. The Morgan fingerprint density at radius 3 is 2.68 bits per heavy atom. The number of anilines is 1. The first kappa shape index (κ1) is 17.8. The average Bonchev–Trinajstić information content (AvgIpc) is 3.16. The summed E-state index contributed by atoms with van der Waals surface area (Å²) in [7, 11) is 0. The number of nitrogens with one attached hydrogen (secondary N) is 1. The van der Waals surface area contributed by atoms with Gasteiger partial charge >= 0.3 is 0 Å². The number of hydrogen-bond acceptors (Lipinski definition) is 5. The molecule has 3 rings (SSSR count). The van der Waals surface area contributed by atoms with Crippen LogP contribution in [0.1, 0.15) is 60.1 Å². The molecular weight excluding hydrogens is 318 g/mol. The molecule has 0 unspecified atom stereocenters. The highest BCUT2D eigenvalue weighted by atomic mass is 16.5. The van der Waals surface area contributed by atoms with E-state index in [9.17, 15) is 4.79 Å². The Morgan fingerprint density at radius 2 is 2.08 bits per heavy atom. The molecule has 1 N–H and O–H groups in total. The molecule has 1 aliphatic rings. The molecule has 136 valence electrons. The monoisotopic (exact) mass is 345 g/mol. The molecule has 7 heteroatoms. The summed E-state index contributed by atoms with van der Waals surface area (Å²) in [6.45, 7) is 10.3. The van der Waals surface area contributed by atoms with Gasteiger partial charge < -0.3 is 10.1 Å². The number of aromatic nitrogens is 4. The molecule has 2 aromatic rings. The third kappa shape index (κ3) is 3.01. The van der Waals surface area contributed by atoms with Gasteiger partial charge in [-0.3, -0.25) is 9.36 Å². The third-order valence-electron chi connectivity index (χ3n) is 5.46. The van der Waals surface area contributed by atoms with E-state index in [1.165, 1.54) is 6.33 Å². The second-order valence-corrected chi connectivity index (χ2v) is 7.17. The van der Waals surface area contributed by atoms with Crippen molar-refractivity contribution in [2.75, 3.05) is 5.32 Å². The Kier molecular flexibility index (Phi) is 4.77. The van der Waals surface area contributed by atoms with Gasteiger partial charge in [-0.2, -0.15) is 0 Å². The summed E-state index contributed by atoms with van der Waals surface area (Å²) in [5, 5.41) is 2.83. The largest absolute Gasteiger partial charge is 0.351 e. The van der Waals surface area contributed by atoms with Crippen molar-refractivity contribution in [3.8, 4) is 0 Å². The SMILES string of the molecule is CCC1(CC)O[C@@H](n2cnc3c(NC(=O)C(C)C)ncnc32)C[C@@H]1C. The van der Waals surface area contributed by atoms with Gasteiger partial charge in [0.2, 0.25) is 5.91 Å². The summed E-state index contributed by atoms with van der Waals surface area (Å²) in [5.41, 5.74) is 1.19. The van der Waals surface area contributed by atoms with Crippen LogP contribution >= 0.6 is 0 Å². The van der Waals surface area contributed by atoms with E-state index in [1.807, 2.05) is 18.4 Å². The van der Waals surface area contributed by atoms with Crippen LogP contribution in [0.4, 0.5) is 5.82 Å². The number of carbonyl (C=O) groups is 1. The molecule has 1 aliphatic heterocycles. The number of carbonyl (C=O) groups excluding carboxylic acids is 1. The molecule has 0 radical (unpaired) electrons. The maximum absolute atomic E-state index is 12.0. The first-order valence-corrected chi connectivity index (χ1v) is 9.08. The lowest BCUT2D eigenvalue weighted by atomic mass is 9.84. The molecule has 3 heterocycles. The van der Waals surface area contributed by atoms with Crippen LogP contribution in [0.25, 0.3) is 11.2 Å².